The molecule has 1 amide bonds. The molecular weight excluding hydrogens is 330 g/mol. The number of hydrogen-bond acceptors (Lipinski definition) is 3. The summed E-state index contributed by atoms with van der Waals surface area (Å²) >= 11 is 3.57. The topological polar surface area (TPSA) is 36.4 Å². The highest BCUT2D eigenvalue weighted by Crippen LogP contribution is 2.31. The van der Waals surface area contributed by atoms with Crippen molar-refractivity contribution in [2.75, 3.05) is 25.0 Å². The van der Waals surface area contributed by atoms with Gasteiger partial charge in [0.2, 0.25) is 5.91 Å². The largest absolute Gasteiger partial charge is 0.370 e. The van der Waals surface area contributed by atoms with Crippen molar-refractivity contribution in [3.05, 3.63) is 22.9 Å². The minimum absolute atomic E-state index is 0.308. The Hall–Kier alpha value is -1.10. The lowest BCUT2D eigenvalue weighted by Crippen LogP contribution is -2.48. The third-order valence-corrected chi connectivity index (χ3v) is 5.52. The van der Waals surface area contributed by atoms with E-state index in [1.165, 1.54) is 12.1 Å². The molecule has 1 aromatic heterocycles. The van der Waals surface area contributed by atoms with Crippen molar-refractivity contribution in [1.82, 2.24) is 9.88 Å². The van der Waals surface area contributed by atoms with E-state index < -0.39 is 0 Å². The van der Waals surface area contributed by atoms with Crippen LogP contribution >= 0.6 is 15.9 Å². The Morgan fingerprint density at radius 1 is 1.33 bits per heavy atom. The van der Waals surface area contributed by atoms with Crippen LogP contribution in [0.1, 0.15) is 32.1 Å². The van der Waals surface area contributed by atoms with E-state index in [-0.39, 0.29) is 0 Å². The number of anilines is 1. The van der Waals surface area contributed by atoms with Gasteiger partial charge in [-0.3, -0.25) is 9.78 Å². The van der Waals surface area contributed by atoms with Gasteiger partial charge in [0.25, 0.3) is 0 Å². The zero-order chi connectivity index (χ0) is 14.8. The van der Waals surface area contributed by atoms with Crippen LogP contribution in [0.5, 0.6) is 0 Å². The number of aromatic nitrogens is 1. The predicted molar refractivity (Wildman–Crippen MR) is 87.3 cm³/mol. The van der Waals surface area contributed by atoms with E-state index in [1.54, 1.807) is 0 Å². The minimum atomic E-state index is 0.308. The molecule has 1 aliphatic carbocycles. The lowest BCUT2D eigenvalue weighted by molar-refractivity contribution is -0.139. The lowest BCUT2D eigenvalue weighted by atomic mass is 9.84. The van der Waals surface area contributed by atoms with Gasteiger partial charge in [-0.05, 0) is 47.7 Å². The molecule has 2 aliphatic rings. The Labute approximate surface area is 134 Å². The predicted octanol–water partition coefficient (Wildman–Crippen LogP) is 3.07. The molecule has 4 nitrogen and oxygen atoms in total. The average Bonchev–Trinajstić information content (AvgIpc) is 2.45. The van der Waals surface area contributed by atoms with Gasteiger partial charge in [0, 0.05) is 44.5 Å². The van der Waals surface area contributed by atoms with Gasteiger partial charge in [-0.15, -0.1) is 0 Å². The standard InChI is InChI=1S/C16H22BrN3O/c1-19(16(21)12-3-2-4-12)13-6-9-20(10-7-13)15-5-8-18-11-14(15)17/h5,8,11-13H,2-4,6-7,9-10H2,1H3. The molecule has 2 fully saturated rings. The number of carbonyl (C=O) groups is 1. The summed E-state index contributed by atoms with van der Waals surface area (Å²) in [5.41, 5.74) is 1.21. The number of halogens is 1. The van der Waals surface area contributed by atoms with Crippen LogP contribution in [-0.2, 0) is 4.79 Å². The van der Waals surface area contributed by atoms with E-state index in [2.05, 4.69) is 25.8 Å². The molecule has 114 valence electrons. The summed E-state index contributed by atoms with van der Waals surface area (Å²) in [5.74, 6) is 0.673. The molecule has 0 aromatic carbocycles. The Kier molecular flexibility index (Phi) is 4.48. The van der Waals surface area contributed by atoms with Crippen molar-refractivity contribution in [3.8, 4) is 0 Å². The summed E-state index contributed by atoms with van der Waals surface area (Å²) in [4.78, 5) is 20.8. The van der Waals surface area contributed by atoms with Gasteiger partial charge in [0.05, 0.1) is 10.2 Å². The van der Waals surface area contributed by atoms with E-state index in [1.807, 2.05) is 30.4 Å². The monoisotopic (exact) mass is 351 g/mol. The second-order valence-corrected chi connectivity index (χ2v) is 6.98. The molecular formula is C16H22BrN3O. The van der Waals surface area contributed by atoms with Crippen LogP contribution < -0.4 is 4.90 Å². The Bertz CT molecular complexity index is 510. The Balaban J connectivity index is 1.57. The van der Waals surface area contributed by atoms with Crippen molar-refractivity contribution < 1.29 is 4.79 Å². The summed E-state index contributed by atoms with van der Waals surface area (Å²) in [7, 11) is 1.99. The number of piperidine rings is 1. The number of pyridine rings is 1. The number of rotatable bonds is 3. The summed E-state index contributed by atoms with van der Waals surface area (Å²) in [6.45, 7) is 1.99. The first-order chi connectivity index (χ1) is 10.2. The smallest absolute Gasteiger partial charge is 0.225 e. The van der Waals surface area contributed by atoms with Gasteiger partial charge in [-0.2, -0.15) is 0 Å². The number of carbonyl (C=O) groups excluding carboxylic acids is 1. The fourth-order valence-corrected chi connectivity index (χ4v) is 3.74. The zero-order valence-corrected chi connectivity index (χ0v) is 14.1. The molecule has 21 heavy (non-hydrogen) atoms. The summed E-state index contributed by atoms with van der Waals surface area (Å²) in [5, 5.41) is 0. The van der Waals surface area contributed by atoms with E-state index in [4.69, 9.17) is 0 Å². The van der Waals surface area contributed by atoms with Crippen molar-refractivity contribution in [2.24, 2.45) is 5.92 Å². The number of hydrogen-bond donors (Lipinski definition) is 0. The maximum Gasteiger partial charge on any atom is 0.225 e. The molecule has 2 heterocycles. The molecule has 0 atom stereocenters. The summed E-state index contributed by atoms with van der Waals surface area (Å²) < 4.78 is 1.04. The van der Waals surface area contributed by atoms with Crippen molar-refractivity contribution in [1.29, 1.82) is 0 Å². The molecule has 1 saturated heterocycles. The molecule has 1 aliphatic heterocycles. The quantitative estimate of drug-likeness (QED) is 0.839. The molecule has 0 radical (unpaired) electrons. The highest BCUT2D eigenvalue weighted by atomic mass is 79.9. The Morgan fingerprint density at radius 3 is 2.62 bits per heavy atom. The highest BCUT2D eigenvalue weighted by Gasteiger charge is 2.32. The zero-order valence-electron chi connectivity index (χ0n) is 12.5. The highest BCUT2D eigenvalue weighted by molar-refractivity contribution is 9.10. The molecule has 3 rings (SSSR count). The number of nitrogens with zero attached hydrogens (tertiary/aromatic N) is 3. The van der Waals surface area contributed by atoms with Gasteiger partial charge in [-0.25, -0.2) is 0 Å². The average molecular weight is 352 g/mol. The first-order valence-corrected chi connectivity index (χ1v) is 8.57. The maximum atomic E-state index is 12.3. The van der Waals surface area contributed by atoms with Gasteiger partial charge in [0.15, 0.2) is 0 Å². The first-order valence-electron chi connectivity index (χ1n) is 7.78. The van der Waals surface area contributed by atoms with Crippen molar-refractivity contribution >= 4 is 27.5 Å². The molecule has 1 saturated carbocycles. The maximum absolute atomic E-state index is 12.3. The fourth-order valence-electron chi connectivity index (χ4n) is 3.24. The van der Waals surface area contributed by atoms with E-state index in [0.717, 1.165) is 43.2 Å². The van der Waals surface area contributed by atoms with Crippen LogP contribution in [0.4, 0.5) is 5.69 Å². The molecule has 1 aromatic rings. The molecule has 5 heteroatoms. The number of amides is 1. The van der Waals surface area contributed by atoms with Crippen molar-refractivity contribution in [2.45, 2.75) is 38.1 Å². The van der Waals surface area contributed by atoms with Crippen LogP contribution in [0.2, 0.25) is 0 Å². The fraction of sp³-hybridized carbons (Fsp3) is 0.625. The summed E-state index contributed by atoms with van der Waals surface area (Å²) in [6.07, 6.45) is 9.16. The molecule has 0 unspecified atom stereocenters. The lowest BCUT2D eigenvalue weighted by Gasteiger charge is -2.40. The first kappa shape index (κ1) is 14.8. The van der Waals surface area contributed by atoms with Gasteiger partial charge in [-0.1, -0.05) is 6.42 Å². The van der Waals surface area contributed by atoms with E-state index >= 15 is 0 Å². The van der Waals surface area contributed by atoms with Crippen LogP contribution in [0.3, 0.4) is 0 Å². The Morgan fingerprint density at radius 2 is 2.05 bits per heavy atom. The van der Waals surface area contributed by atoms with Crippen LogP contribution in [0.15, 0.2) is 22.9 Å². The van der Waals surface area contributed by atoms with E-state index in [0.29, 0.717) is 17.9 Å². The van der Waals surface area contributed by atoms with E-state index in [9.17, 15) is 4.79 Å². The van der Waals surface area contributed by atoms with Gasteiger partial charge in [0.1, 0.15) is 0 Å². The summed E-state index contributed by atoms with van der Waals surface area (Å²) in [6, 6.07) is 2.45. The molecule has 0 N–H and O–H groups in total. The molecule has 0 bridgehead atoms. The third kappa shape index (κ3) is 3.07. The second-order valence-electron chi connectivity index (χ2n) is 6.12. The molecule has 0 spiro atoms. The van der Waals surface area contributed by atoms with Crippen LogP contribution in [-0.4, -0.2) is 42.0 Å². The second kappa shape index (κ2) is 6.34. The minimum Gasteiger partial charge on any atom is -0.370 e. The normalized spacial score (nSPS) is 20.2. The van der Waals surface area contributed by atoms with Crippen LogP contribution in [0.25, 0.3) is 0 Å². The van der Waals surface area contributed by atoms with Gasteiger partial charge < -0.3 is 9.80 Å². The SMILES string of the molecule is CN(C(=O)C1CCC1)C1CCN(c2ccncc2Br)CC1. The van der Waals surface area contributed by atoms with Gasteiger partial charge >= 0.3 is 0 Å². The van der Waals surface area contributed by atoms with Crippen molar-refractivity contribution in [3.63, 3.8) is 0 Å². The third-order valence-electron chi connectivity index (χ3n) is 4.91. The van der Waals surface area contributed by atoms with Crippen LogP contribution in [0, 0.1) is 5.92 Å².